The summed E-state index contributed by atoms with van der Waals surface area (Å²) in [5.41, 5.74) is 1.26. The van der Waals surface area contributed by atoms with Gasteiger partial charge in [0, 0.05) is 31.7 Å². The van der Waals surface area contributed by atoms with Gasteiger partial charge < -0.3 is 19.9 Å². The molecule has 2 N–H and O–H groups in total. The van der Waals surface area contributed by atoms with Crippen molar-refractivity contribution in [3.8, 4) is 0 Å². The van der Waals surface area contributed by atoms with Gasteiger partial charge in [0.05, 0.1) is 11.2 Å². The van der Waals surface area contributed by atoms with Crippen molar-refractivity contribution in [2.45, 2.75) is 59.2 Å². The van der Waals surface area contributed by atoms with Crippen molar-refractivity contribution in [2.24, 2.45) is 0 Å². The highest BCUT2D eigenvalue weighted by Gasteiger charge is 2.51. The van der Waals surface area contributed by atoms with Gasteiger partial charge in [-0.2, -0.15) is 0 Å². The van der Waals surface area contributed by atoms with Gasteiger partial charge in [-0.05, 0) is 46.6 Å². The van der Waals surface area contributed by atoms with Crippen LogP contribution in [0.2, 0.25) is 0 Å². The van der Waals surface area contributed by atoms with Crippen molar-refractivity contribution in [1.82, 2.24) is 10.3 Å². The van der Waals surface area contributed by atoms with Crippen LogP contribution in [-0.2, 0) is 14.1 Å². The maximum atomic E-state index is 10.8. The molecule has 6 nitrogen and oxygen atoms in total. The zero-order valence-electron chi connectivity index (χ0n) is 15.5. The molecule has 0 aromatic carbocycles. The van der Waals surface area contributed by atoms with Crippen molar-refractivity contribution in [2.75, 3.05) is 18.4 Å². The van der Waals surface area contributed by atoms with E-state index in [2.05, 4.69) is 15.6 Å². The lowest BCUT2D eigenvalue weighted by molar-refractivity contribution is -0.118. The molecule has 0 spiro atoms. The van der Waals surface area contributed by atoms with Gasteiger partial charge in [0.15, 0.2) is 0 Å². The average molecular weight is 333 g/mol. The number of hydrogen-bond donors (Lipinski definition) is 2. The number of aromatic nitrogens is 1. The smallest absolute Gasteiger partial charge is 0.399 e. The summed E-state index contributed by atoms with van der Waals surface area (Å²) in [6.45, 7) is 13.1. The predicted octanol–water partition coefficient (Wildman–Crippen LogP) is 1.63. The molecule has 0 bridgehead atoms. The van der Waals surface area contributed by atoms with E-state index >= 15 is 0 Å². The average Bonchev–Trinajstić information content (AvgIpc) is 2.68. The van der Waals surface area contributed by atoms with E-state index in [0.29, 0.717) is 6.54 Å². The summed E-state index contributed by atoms with van der Waals surface area (Å²) in [5.74, 6) is 0.842. The minimum atomic E-state index is -0.394. The molecule has 0 radical (unpaired) electrons. The third kappa shape index (κ3) is 4.27. The Balaban J connectivity index is 1.94. The van der Waals surface area contributed by atoms with Crippen LogP contribution in [0.3, 0.4) is 0 Å². The normalized spacial score (nSPS) is 18.5. The fourth-order valence-electron chi connectivity index (χ4n) is 2.45. The lowest BCUT2D eigenvalue weighted by atomic mass is 9.80. The Morgan fingerprint density at radius 3 is 2.38 bits per heavy atom. The Kier molecular flexibility index (Phi) is 5.55. The van der Waals surface area contributed by atoms with Gasteiger partial charge in [-0.1, -0.05) is 6.07 Å². The number of anilines is 1. The van der Waals surface area contributed by atoms with Gasteiger partial charge in [0.1, 0.15) is 5.82 Å². The number of hydrogen-bond acceptors (Lipinski definition) is 5. The monoisotopic (exact) mass is 333 g/mol. The lowest BCUT2D eigenvalue weighted by Crippen LogP contribution is -2.41. The molecule has 1 amide bonds. The van der Waals surface area contributed by atoms with E-state index in [1.165, 1.54) is 6.92 Å². The largest absolute Gasteiger partial charge is 0.496 e. The summed E-state index contributed by atoms with van der Waals surface area (Å²) in [4.78, 5) is 15.3. The Hall–Kier alpha value is -1.60. The zero-order chi connectivity index (χ0) is 18.0. The highest BCUT2D eigenvalue weighted by Crippen LogP contribution is 2.36. The number of carbonyl (C=O) groups is 1. The van der Waals surface area contributed by atoms with Gasteiger partial charge in [-0.15, -0.1) is 0 Å². The molecule has 132 valence electrons. The molecule has 0 aliphatic carbocycles. The van der Waals surface area contributed by atoms with E-state index in [9.17, 15) is 4.79 Å². The van der Waals surface area contributed by atoms with Crippen LogP contribution >= 0.6 is 0 Å². The molecule has 24 heavy (non-hydrogen) atoms. The predicted molar refractivity (Wildman–Crippen MR) is 96.5 cm³/mol. The number of carbonyl (C=O) groups excluding carboxylic acids is 1. The third-order valence-electron chi connectivity index (χ3n) is 4.64. The molecule has 7 heteroatoms. The molecule has 1 saturated heterocycles. The lowest BCUT2D eigenvalue weighted by Gasteiger charge is -2.32. The molecule has 1 aliphatic heterocycles. The first-order valence-electron chi connectivity index (χ1n) is 8.43. The summed E-state index contributed by atoms with van der Waals surface area (Å²) in [7, 11) is -0.394. The van der Waals surface area contributed by atoms with Crippen LogP contribution in [0.4, 0.5) is 5.82 Å². The molecular formula is C17H28BN3O3. The Labute approximate surface area is 144 Å². The zero-order valence-corrected chi connectivity index (χ0v) is 15.5. The molecule has 0 saturated carbocycles. The van der Waals surface area contributed by atoms with Crippen LogP contribution in [-0.4, -0.2) is 42.3 Å². The van der Waals surface area contributed by atoms with Crippen molar-refractivity contribution in [1.29, 1.82) is 0 Å². The standard InChI is InChI=1S/C17H28BN3O3/c1-12-10-14(18-23-16(3,4)17(5,6)24-18)11-21-15(12)20-9-7-8-19-13(2)22/h10-11H,7-9H2,1-6H3,(H,19,22)(H,20,21). The van der Waals surface area contributed by atoms with E-state index in [-0.39, 0.29) is 17.1 Å². The molecule has 2 rings (SSSR count). The maximum Gasteiger partial charge on any atom is 0.496 e. The number of rotatable bonds is 6. The van der Waals surface area contributed by atoms with Crippen LogP contribution in [0, 0.1) is 6.92 Å². The van der Waals surface area contributed by atoms with E-state index in [0.717, 1.165) is 29.8 Å². The Bertz CT molecular complexity index is 589. The molecule has 2 heterocycles. The first-order valence-corrected chi connectivity index (χ1v) is 8.43. The van der Waals surface area contributed by atoms with Gasteiger partial charge in [-0.3, -0.25) is 4.79 Å². The second-order valence-electron chi connectivity index (χ2n) is 7.29. The van der Waals surface area contributed by atoms with Gasteiger partial charge in [0.25, 0.3) is 0 Å². The summed E-state index contributed by atoms with van der Waals surface area (Å²) >= 11 is 0. The number of pyridine rings is 1. The van der Waals surface area contributed by atoms with E-state index in [1.54, 1.807) is 6.20 Å². The second-order valence-corrected chi connectivity index (χ2v) is 7.29. The number of nitrogens with zero attached hydrogens (tertiary/aromatic N) is 1. The summed E-state index contributed by atoms with van der Waals surface area (Å²) in [5, 5.41) is 6.07. The van der Waals surface area contributed by atoms with Crippen molar-refractivity contribution >= 4 is 24.3 Å². The van der Waals surface area contributed by atoms with Crippen LogP contribution < -0.4 is 16.1 Å². The van der Waals surface area contributed by atoms with Crippen molar-refractivity contribution < 1.29 is 14.1 Å². The van der Waals surface area contributed by atoms with E-state index in [4.69, 9.17) is 9.31 Å². The minimum absolute atomic E-state index is 0.00364. The van der Waals surface area contributed by atoms with Gasteiger partial charge >= 0.3 is 7.12 Å². The van der Waals surface area contributed by atoms with Crippen molar-refractivity contribution in [3.63, 3.8) is 0 Å². The topological polar surface area (TPSA) is 72.5 Å². The molecule has 1 aliphatic rings. The summed E-state index contributed by atoms with van der Waals surface area (Å²) in [6.07, 6.45) is 2.64. The Morgan fingerprint density at radius 2 is 1.83 bits per heavy atom. The van der Waals surface area contributed by atoms with Crippen LogP contribution in [0.1, 0.15) is 46.6 Å². The maximum absolute atomic E-state index is 10.8. The van der Waals surface area contributed by atoms with Gasteiger partial charge in [0.2, 0.25) is 5.91 Å². The highest BCUT2D eigenvalue weighted by molar-refractivity contribution is 6.62. The minimum Gasteiger partial charge on any atom is -0.399 e. The number of aryl methyl sites for hydroxylation is 1. The number of nitrogens with one attached hydrogen (secondary N) is 2. The first-order chi connectivity index (χ1) is 11.1. The fraction of sp³-hybridized carbons (Fsp3) is 0.647. The second kappa shape index (κ2) is 7.11. The summed E-state index contributed by atoms with van der Waals surface area (Å²) < 4.78 is 12.1. The first kappa shape index (κ1) is 18.7. The molecule has 1 aromatic heterocycles. The summed E-state index contributed by atoms with van der Waals surface area (Å²) in [6, 6.07) is 2.05. The molecule has 1 aromatic rings. The molecule has 0 atom stereocenters. The van der Waals surface area contributed by atoms with E-state index < -0.39 is 7.12 Å². The molecule has 1 fully saturated rings. The SMILES string of the molecule is CC(=O)NCCCNc1ncc(B2OC(C)(C)C(C)(C)O2)cc1C. The van der Waals surface area contributed by atoms with Crippen LogP contribution in [0.5, 0.6) is 0 Å². The highest BCUT2D eigenvalue weighted by atomic mass is 16.7. The van der Waals surface area contributed by atoms with Crippen LogP contribution in [0.15, 0.2) is 12.3 Å². The van der Waals surface area contributed by atoms with E-state index in [1.807, 2.05) is 40.7 Å². The van der Waals surface area contributed by atoms with Gasteiger partial charge in [-0.25, -0.2) is 4.98 Å². The van der Waals surface area contributed by atoms with Crippen LogP contribution in [0.25, 0.3) is 0 Å². The van der Waals surface area contributed by atoms with Crippen molar-refractivity contribution in [3.05, 3.63) is 17.8 Å². The third-order valence-corrected chi connectivity index (χ3v) is 4.64. The quantitative estimate of drug-likeness (QED) is 0.611. The fourth-order valence-corrected chi connectivity index (χ4v) is 2.45. The molecule has 0 unspecified atom stereocenters. The Morgan fingerprint density at radius 1 is 1.21 bits per heavy atom. The number of amides is 1. The molecular weight excluding hydrogens is 305 g/mol.